The van der Waals surface area contributed by atoms with Gasteiger partial charge in [-0.1, -0.05) is 0 Å². The van der Waals surface area contributed by atoms with Crippen molar-refractivity contribution in [2.24, 2.45) is 0 Å². The number of carboxylic acid groups (broad SMARTS) is 1. The number of amides is 3. The third-order valence-corrected chi connectivity index (χ3v) is 6.93. The van der Waals surface area contributed by atoms with Crippen LogP contribution in [-0.4, -0.2) is 88.5 Å². The Kier molecular flexibility index (Phi) is 12.2. The molecule has 0 radical (unpaired) electrons. The van der Waals surface area contributed by atoms with Crippen molar-refractivity contribution in [2.75, 3.05) is 26.0 Å². The summed E-state index contributed by atoms with van der Waals surface area (Å²) >= 11 is 1.41. The molecule has 0 aromatic heterocycles. The molecule has 1 saturated heterocycles. The lowest BCUT2D eigenvalue weighted by Crippen LogP contribution is -2.40. The number of aliphatic carboxylic acids is 1. The Balaban J connectivity index is 2.41. The Morgan fingerprint density at radius 2 is 1.88 bits per heavy atom. The number of likely N-dealkylation sites (tertiary alicyclic amines) is 1. The fraction of sp³-hybridized carbons (Fsp3) is 0.783. The molecule has 1 unspecified atom stereocenters. The van der Waals surface area contributed by atoms with Gasteiger partial charge >= 0.3 is 5.97 Å². The van der Waals surface area contributed by atoms with E-state index in [1.54, 1.807) is 7.11 Å². The van der Waals surface area contributed by atoms with E-state index in [1.807, 2.05) is 27.7 Å². The summed E-state index contributed by atoms with van der Waals surface area (Å²) in [6.45, 7) is 8.45. The maximum atomic E-state index is 12.6. The third kappa shape index (κ3) is 11.0. The van der Waals surface area contributed by atoms with Crippen LogP contribution in [0.15, 0.2) is 0 Å². The number of nitrogens with one attached hydrogen (secondary N) is 1. The van der Waals surface area contributed by atoms with E-state index >= 15 is 0 Å². The second kappa shape index (κ2) is 13.8. The zero-order valence-corrected chi connectivity index (χ0v) is 21.6. The molecular weight excluding hydrogens is 464 g/mol. The molecule has 11 heteroatoms. The van der Waals surface area contributed by atoms with Crippen LogP contribution in [0.2, 0.25) is 0 Å². The number of carboxylic acids is 1. The Hall–Kier alpha value is -1.98. The molecule has 1 rings (SSSR count). The first kappa shape index (κ1) is 30.1. The molecule has 0 aromatic carbocycles. The van der Waals surface area contributed by atoms with Crippen LogP contribution in [0.1, 0.15) is 66.2 Å². The molecule has 0 aromatic rings. The van der Waals surface area contributed by atoms with Crippen LogP contribution in [0.5, 0.6) is 0 Å². The molecule has 194 valence electrons. The Labute approximate surface area is 205 Å². The van der Waals surface area contributed by atoms with Crippen molar-refractivity contribution in [1.82, 2.24) is 10.2 Å². The van der Waals surface area contributed by atoms with Gasteiger partial charge in [0.25, 0.3) is 0 Å². The molecule has 0 bridgehead atoms. The summed E-state index contributed by atoms with van der Waals surface area (Å²) in [5.74, 6) is -1.59. The van der Waals surface area contributed by atoms with Gasteiger partial charge in [0.05, 0.1) is 29.1 Å². The Bertz CT molecular complexity index is 740. The number of nitrogens with zero attached hydrogens (tertiary/aromatic N) is 1. The van der Waals surface area contributed by atoms with Gasteiger partial charge in [-0.2, -0.15) is 0 Å². The molecule has 0 spiro atoms. The number of carbonyl (C=O) groups is 5. The van der Waals surface area contributed by atoms with Gasteiger partial charge in [0.1, 0.15) is 6.29 Å². The molecule has 0 aliphatic carbocycles. The topological polar surface area (TPSA) is 139 Å². The highest BCUT2D eigenvalue weighted by Crippen LogP contribution is 2.28. The molecule has 1 fully saturated rings. The monoisotopic (exact) mass is 502 g/mol. The normalized spacial score (nSPS) is 17.7. The number of imide groups is 1. The van der Waals surface area contributed by atoms with Gasteiger partial charge < -0.3 is 24.7 Å². The minimum absolute atomic E-state index is 0.0188. The lowest BCUT2D eigenvalue weighted by atomic mass is 10.0. The molecule has 2 atom stereocenters. The van der Waals surface area contributed by atoms with E-state index in [9.17, 15) is 24.0 Å². The second-order valence-electron chi connectivity index (χ2n) is 9.51. The summed E-state index contributed by atoms with van der Waals surface area (Å²) in [7, 11) is 1.67. The first-order chi connectivity index (χ1) is 15.8. The fourth-order valence-corrected chi connectivity index (χ4v) is 4.58. The molecule has 2 N–H and O–H groups in total. The van der Waals surface area contributed by atoms with Crippen molar-refractivity contribution in [3.8, 4) is 0 Å². The van der Waals surface area contributed by atoms with E-state index in [0.29, 0.717) is 25.1 Å². The van der Waals surface area contributed by atoms with Crippen molar-refractivity contribution in [3.63, 3.8) is 0 Å². The maximum absolute atomic E-state index is 12.6. The van der Waals surface area contributed by atoms with E-state index in [1.165, 1.54) is 11.8 Å². The lowest BCUT2D eigenvalue weighted by Gasteiger charge is -2.29. The molecule has 3 amide bonds. The minimum Gasteiger partial charge on any atom is -0.481 e. The predicted molar refractivity (Wildman–Crippen MR) is 127 cm³/mol. The molecular formula is C23H38N2O8S. The van der Waals surface area contributed by atoms with Crippen molar-refractivity contribution < 1.29 is 38.6 Å². The highest BCUT2D eigenvalue weighted by Gasteiger charge is 2.39. The van der Waals surface area contributed by atoms with Crippen LogP contribution in [0.4, 0.5) is 0 Å². The number of aldehydes is 1. The van der Waals surface area contributed by atoms with Crippen LogP contribution in [0.25, 0.3) is 0 Å². The van der Waals surface area contributed by atoms with E-state index in [4.69, 9.17) is 14.6 Å². The van der Waals surface area contributed by atoms with Gasteiger partial charge in [-0.25, -0.2) is 0 Å². The fourth-order valence-electron chi connectivity index (χ4n) is 3.16. The largest absolute Gasteiger partial charge is 0.481 e. The zero-order valence-electron chi connectivity index (χ0n) is 20.8. The van der Waals surface area contributed by atoms with Gasteiger partial charge in [0.2, 0.25) is 17.7 Å². The van der Waals surface area contributed by atoms with Crippen LogP contribution < -0.4 is 5.32 Å². The van der Waals surface area contributed by atoms with Gasteiger partial charge in [-0.3, -0.25) is 24.1 Å². The summed E-state index contributed by atoms with van der Waals surface area (Å²) in [5, 5.41) is 10.6. The summed E-state index contributed by atoms with van der Waals surface area (Å²) in [4.78, 5) is 59.7. The van der Waals surface area contributed by atoms with Crippen LogP contribution in [0, 0.1) is 0 Å². The number of thioether (sulfide) groups is 1. The first-order valence-corrected chi connectivity index (χ1v) is 12.5. The zero-order chi connectivity index (χ0) is 25.9. The highest BCUT2D eigenvalue weighted by molar-refractivity contribution is 8.00. The van der Waals surface area contributed by atoms with Crippen LogP contribution >= 0.6 is 11.8 Å². The SMILES string of the molecule is COC(C)(C)CCOC(C)(C)CCSC1CC(=O)N(CCC(=O)N[C@@H](C=O)CCC(=O)O)C1=O. The molecule has 10 nitrogen and oxygen atoms in total. The average molecular weight is 503 g/mol. The van der Waals surface area contributed by atoms with Crippen molar-refractivity contribution in [2.45, 2.75) is 88.7 Å². The lowest BCUT2D eigenvalue weighted by molar-refractivity contribution is -0.140. The predicted octanol–water partition coefficient (Wildman–Crippen LogP) is 1.79. The highest BCUT2D eigenvalue weighted by atomic mass is 32.2. The van der Waals surface area contributed by atoms with Crippen LogP contribution in [0.3, 0.4) is 0 Å². The summed E-state index contributed by atoms with van der Waals surface area (Å²) < 4.78 is 11.4. The third-order valence-electron chi connectivity index (χ3n) is 5.72. The van der Waals surface area contributed by atoms with Crippen molar-refractivity contribution in [3.05, 3.63) is 0 Å². The van der Waals surface area contributed by atoms with Crippen LogP contribution in [-0.2, 0) is 33.4 Å². The number of rotatable bonds is 17. The number of ether oxygens (including phenoxy) is 2. The maximum Gasteiger partial charge on any atom is 0.303 e. The van der Waals surface area contributed by atoms with Gasteiger partial charge in [0.15, 0.2) is 0 Å². The quantitative estimate of drug-likeness (QED) is 0.225. The number of hydrogen-bond donors (Lipinski definition) is 2. The van der Waals surface area contributed by atoms with E-state index in [0.717, 1.165) is 11.3 Å². The van der Waals surface area contributed by atoms with Gasteiger partial charge in [-0.05, 0) is 52.7 Å². The minimum atomic E-state index is -1.07. The Morgan fingerprint density at radius 3 is 2.47 bits per heavy atom. The van der Waals surface area contributed by atoms with E-state index in [2.05, 4.69) is 5.32 Å². The average Bonchev–Trinajstić information content (AvgIpc) is 3.01. The summed E-state index contributed by atoms with van der Waals surface area (Å²) in [6.07, 6.45) is 1.60. The Morgan fingerprint density at radius 1 is 1.21 bits per heavy atom. The summed E-state index contributed by atoms with van der Waals surface area (Å²) in [6, 6.07) is -0.914. The molecule has 1 aliphatic rings. The number of carbonyl (C=O) groups excluding carboxylic acids is 4. The number of hydrogen-bond acceptors (Lipinski definition) is 8. The van der Waals surface area contributed by atoms with E-state index in [-0.39, 0.29) is 55.2 Å². The molecule has 1 aliphatic heterocycles. The molecule has 34 heavy (non-hydrogen) atoms. The first-order valence-electron chi connectivity index (χ1n) is 11.4. The van der Waals surface area contributed by atoms with Crippen molar-refractivity contribution >= 4 is 41.7 Å². The van der Waals surface area contributed by atoms with E-state index < -0.39 is 23.2 Å². The van der Waals surface area contributed by atoms with Crippen molar-refractivity contribution in [1.29, 1.82) is 0 Å². The smallest absolute Gasteiger partial charge is 0.303 e. The van der Waals surface area contributed by atoms with Gasteiger partial charge in [0, 0.05) is 32.9 Å². The van der Waals surface area contributed by atoms with Gasteiger partial charge in [-0.15, -0.1) is 11.8 Å². The standard InChI is InChI=1S/C23H38N2O8S/c1-22(2,32-5)9-12-33-23(3,4)10-13-34-17-14-19(28)25(21(17)31)11-8-18(27)24-16(15-26)6-7-20(29)30/h15-17H,6-14H2,1-5H3,(H,24,27)(H,29,30)/t16-,17?/m1/s1. The number of methoxy groups -OCH3 is 1. The second-order valence-corrected chi connectivity index (χ2v) is 10.8. The molecule has 0 saturated carbocycles. The summed E-state index contributed by atoms with van der Waals surface area (Å²) in [5.41, 5.74) is -0.634. The molecule has 1 heterocycles.